The van der Waals surface area contributed by atoms with Crippen molar-refractivity contribution in [1.82, 2.24) is 4.31 Å². The van der Waals surface area contributed by atoms with Crippen LogP contribution >= 0.6 is 0 Å². The van der Waals surface area contributed by atoms with Gasteiger partial charge in [0, 0.05) is 12.5 Å². The second kappa shape index (κ2) is 6.28. The number of aliphatic hydroxyl groups is 1. The maximum Gasteiger partial charge on any atom is 0.243 e. The van der Waals surface area contributed by atoms with Gasteiger partial charge in [-0.1, -0.05) is 49.1 Å². The molecular weight excluding hydrogens is 322 g/mol. The Balaban J connectivity index is 2.06. The molecule has 1 heterocycles. The lowest BCUT2D eigenvalue weighted by atomic mass is 9.76. The first kappa shape index (κ1) is 17.6. The third-order valence-electron chi connectivity index (χ3n) is 5.75. The number of aryl methyl sites for hydroxylation is 1. The van der Waals surface area contributed by atoms with Gasteiger partial charge in [0.2, 0.25) is 10.0 Å². The fourth-order valence-corrected chi connectivity index (χ4v) is 6.15. The van der Waals surface area contributed by atoms with Crippen LogP contribution in [0.5, 0.6) is 0 Å². The lowest BCUT2D eigenvalue weighted by molar-refractivity contribution is 0.0241. The molecule has 1 aliphatic heterocycles. The van der Waals surface area contributed by atoms with E-state index in [2.05, 4.69) is 6.58 Å². The summed E-state index contributed by atoms with van der Waals surface area (Å²) in [6.07, 6.45) is 3.80. The minimum Gasteiger partial charge on any atom is -0.390 e. The molecule has 5 heteroatoms. The second-order valence-corrected chi connectivity index (χ2v) is 9.27. The van der Waals surface area contributed by atoms with Crippen LogP contribution in [0.4, 0.5) is 0 Å². The largest absolute Gasteiger partial charge is 0.390 e. The van der Waals surface area contributed by atoms with Crippen molar-refractivity contribution in [3.8, 4) is 0 Å². The van der Waals surface area contributed by atoms with E-state index in [4.69, 9.17) is 0 Å². The van der Waals surface area contributed by atoms with Crippen LogP contribution in [0.2, 0.25) is 0 Å². The summed E-state index contributed by atoms with van der Waals surface area (Å²) < 4.78 is 28.2. The average Bonchev–Trinajstić information content (AvgIpc) is 2.82. The Hall–Kier alpha value is -1.17. The van der Waals surface area contributed by atoms with E-state index in [1.54, 1.807) is 16.4 Å². The molecule has 3 rings (SSSR count). The topological polar surface area (TPSA) is 57.6 Å². The maximum absolute atomic E-state index is 13.3. The van der Waals surface area contributed by atoms with Crippen molar-refractivity contribution in [2.45, 2.75) is 62.5 Å². The Labute approximate surface area is 145 Å². The summed E-state index contributed by atoms with van der Waals surface area (Å²) in [5, 5.41) is 11.0. The molecule has 1 saturated heterocycles. The van der Waals surface area contributed by atoms with Gasteiger partial charge in [-0.15, -0.1) is 0 Å². The molecule has 2 atom stereocenters. The van der Waals surface area contributed by atoms with Crippen LogP contribution < -0.4 is 0 Å². The molecule has 0 amide bonds. The summed E-state index contributed by atoms with van der Waals surface area (Å²) in [7, 11) is -3.63. The number of nitrogens with zero attached hydrogens (tertiary/aromatic N) is 1. The molecule has 24 heavy (non-hydrogen) atoms. The molecule has 2 aliphatic rings. The van der Waals surface area contributed by atoms with Gasteiger partial charge in [0.1, 0.15) is 0 Å². The lowest BCUT2D eigenvalue weighted by Crippen LogP contribution is -2.54. The van der Waals surface area contributed by atoms with Gasteiger partial charge in [-0.3, -0.25) is 0 Å². The fraction of sp³-hybridized carbons (Fsp3) is 0.579. The zero-order valence-electron chi connectivity index (χ0n) is 14.5. The predicted octanol–water partition coefficient (Wildman–Crippen LogP) is 3.26. The first-order valence-corrected chi connectivity index (χ1v) is 10.2. The van der Waals surface area contributed by atoms with Gasteiger partial charge >= 0.3 is 0 Å². The summed E-state index contributed by atoms with van der Waals surface area (Å²) in [5.74, 6) is -0.191. The Morgan fingerprint density at radius 2 is 1.79 bits per heavy atom. The highest BCUT2D eigenvalue weighted by Crippen LogP contribution is 2.48. The minimum absolute atomic E-state index is 0.191. The van der Waals surface area contributed by atoms with Crippen LogP contribution in [0.25, 0.3) is 0 Å². The van der Waals surface area contributed by atoms with Crippen molar-refractivity contribution in [3.05, 3.63) is 42.0 Å². The summed E-state index contributed by atoms with van der Waals surface area (Å²) >= 11 is 0. The lowest BCUT2D eigenvalue weighted by Gasteiger charge is -2.42. The van der Waals surface area contributed by atoms with Gasteiger partial charge in [0.25, 0.3) is 0 Å². The number of hydrogen-bond donors (Lipinski definition) is 1. The van der Waals surface area contributed by atoms with Crippen molar-refractivity contribution in [2.75, 3.05) is 6.54 Å². The summed E-state index contributed by atoms with van der Waals surface area (Å²) in [4.78, 5) is 0.313. The highest BCUT2D eigenvalue weighted by molar-refractivity contribution is 7.89. The summed E-state index contributed by atoms with van der Waals surface area (Å²) in [6.45, 7) is 8.13. The number of rotatable bonds is 3. The molecule has 1 N–H and O–H groups in total. The van der Waals surface area contributed by atoms with Crippen molar-refractivity contribution < 1.29 is 13.5 Å². The highest BCUT2D eigenvalue weighted by atomic mass is 32.2. The van der Waals surface area contributed by atoms with E-state index in [9.17, 15) is 13.5 Å². The van der Waals surface area contributed by atoms with E-state index >= 15 is 0 Å². The molecule has 2 fully saturated rings. The number of benzene rings is 1. The Morgan fingerprint density at radius 3 is 2.33 bits per heavy atom. The van der Waals surface area contributed by atoms with Crippen molar-refractivity contribution in [1.29, 1.82) is 0 Å². The van der Waals surface area contributed by atoms with Gasteiger partial charge in [0.05, 0.1) is 16.5 Å². The standard InChI is InChI=1S/C19H27NO3S/c1-14(2)17-13-20(19(18(17)21)11-5-4-6-12-19)24(22,23)16-9-7-15(3)8-10-16/h7-10,17-18,21H,1,4-6,11-13H2,2-3H3/t17-,18-/m0/s1. The molecule has 4 nitrogen and oxygen atoms in total. The molecule has 1 aliphatic carbocycles. The van der Waals surface area contributed by atoms with Crippen molar-refractivity contribution in [2.24, 2.45) is 5.92 Å². The van der Waals surface area contributed by atoms with E-state index in [-0.39, 0.29) is 5.92 Å². The summed E-state index contributed by atoms with van der Waals surface area (Å²) in [5.41, 5.74) is 1.21. The van der Waals surface area contributed by atoms with E-state index in [1.165, 1.54) is 0 Å². The Kier molecular flexibility index (Phi) is 4.62. The Morgan fingerprint density at radius 1 is 1.21 bits per heavy atom. The minimum atomic E-state index is -3.63. The third-order valence-corrected chi connectivity index (χ3v) is 7.71. The maximum atomic E-state index is 13.3. The zero-order valence-corrected chi connectivity index (χ0v) is 15.3. The highest BCUT2D eigenvalue weighted by Gasteiger charge is 2.57. The molecule has 0 bridgehead atoms. The van der Waals surface area contributed by atoms with Crippen molar-refractivity contribution in [3.63, 3.8) is 0 Å². The van der Waals surface area contributed by atoms with Crippen LogP contribution in [-0.4, -0.2) is 36.0 Å². The van der Waals surface area contributed by atoms with Crippen LogP contribution in [0.15, 0.2) is 41.3 Å². The van der Waals surface area contributed by atoms with Crippen LogP contribution in [0.1, 0.15) is 44.6 Å². The first-order chi connectivity index (χ1) is 11.3. The smallest absolute Gasteiger partial charge is 0.243 e. The zero-order chi connectivity index (χ0) is 17.5. The monoisotopic (exact) mass is 349 g/mol. The van der Waals surface area contributed by atoms with Crippen LogP contribution in [0, 0.1) is 12.8 Å². The third kappa shape index (κ3) is 2.72. The molecule has 0 radical (unpaired) electrons. The van der Waals surface area contributed by atoms with E-state index in [0.717, 1.165) is 43.2 Å². The molecule has 1 aromatic carbocycles. The second-order valence-electron chi connectivity index (χ2n) is 7.41. The molecule has 132 valence electrons. The van der Waals surface area contributed by atoms with Gasteiger partial charge in [-0.2, -0.15) is 4.31 Å². The fourth-order valence-electron chi connectivity index (χ4n) is 4.29. The predicted molar refractivity (Wildman–Crippen MR) is 95.2 cm³/mol. The molecule has 1 saturated carbocycles. The van der Waals surface area contributed by atoms with E-state index < -0.39 is 21.7 Å². The average molecular weight is 349 g/mol. The SMILES string of the molecule is C=C(C)[C@@H]1CN(S(=O)(=O)c2ccc(C)cc2)C2(CCCCC2)[C@H]1O. The normalized spacial score (nSPS) is 27.5. The number of aliphatic hydroxyl groups excluding tert-OH is 1. The van der Waals surface area contributed by atoms with Crippen molar-refractivity contribution >= 4 is 10.0 Å². The van der Waals surface area contributed by atoms with Crippen LogP contribution in [-0.2, 0) is 10.0 Å². The van der Waals surface area contributed by atoms with Crippen LogP contribution in [0.3, 0.4) is 0 Å². The van der Waals surface area contributed by atoms with Gasteiger partial charge in [-0.05, 0) is 38.8 Å². The van der Waals surface area contributed by atoms with Gasteiger partial charge in [-0.25, -0.2) is 8.42 Å². The van der Waals surface area contributed by atoms with Gasteiger partial charge < -0.3 is 5.11 Å². The molecule has 0 aromatic heterocycles. The number of hydrogen-bond acceptors (Lipinski definition) is 3. The van der Waals surface area contributed by atoms with E-state index in [0.29, 0.717) is 11.4 Å². The molecule has 1 spiro atoms. The number of sulfonamides is 1. The quantitative estimate of drug-likeness (QED) is 0.852. The van der Waals surface area contributed by atoms with E-state index in [1.807, 2.05) is 26.0 Å². The Bertz CT molecular complexity index is 717. The molecule has 1 aromatic rings. The first-order valence-electron chi connectivity index (χ1n) is 8.72. The molecular formula is C19H27NO3S. The summed E-state index contributed by atoms with van der Waals surface area (Å²) in [6, 6.07) is 6.98. The molecule has 0 unspecified atom stereocenters. The van der Waals surface area contributed by atoms with Gasteiger partial charge in [0.15, 0.2) is 0 Å².